The molecule has 2 aromatic carbocycles. The molecule has 0 N–H and O–H groups in total. The fraction of sp³-hybridized carbons (Fsp3) is 0.250. The fourth-order valence-electron chi connectivity index (χ4n) is 1.99. The summed E-state index contributed by atoms with van der Waals surface area (Å²) in [7, 11) is -2.61. The topological polar surface area (TPSA) is 35.5 Å². The van der Waals surface area contributed by atoms with E-state index in [2.05, 4.69) is 0 Å². The molecule has 2 rings (SSSR count). The Morgan fingerprint density at radius 2 is 1.20 bits per heavy atom. The van der Waals surface area contributed by atoms with Crippen LogP contribution in [0.1, 0.15) is 25.0 Å². The van der Waals surface area contributed by atoms with E-state index in [0.29, 0.717) is 11.5 Å². The van der Waals surface area contributed by atoms with Crippen LogP contribution in [0.4, 0.5) is 0 Å². The minimum absolute atomic E-state index is 0.632. The van der Waals surface area contributed by atoms with Crippen molar-refractivity contribution in [1.82, 2.24) is 0 Å². The van der Waals surface area contributed by atoms with Crippen LogP contribution in [0.15, 0.2) is 48.5 Å². The van der Waals surface area contributed by atoms with E-state index in [-0.39, 0.29) is 0 Å². The first-order chi connectivity index (χ1) is 9.74. The van der Waals surface area contributed by atoms with Crippen molar-refractivity contribution in [3.05, 3.63) is 59.7 Å². The van der Waals surface area contributed by atoms with Gasteiger partial charge in [0.1, 0.15) is 11.5 Å². The fourth-order valence-corrected chi connectivity index (χ4v) is 2.79. The van der Waals surface area contributed by atoms with Gasteiger partial charge in [-0.1, -0.05) is 50.2 Å². The van der Waals surface area contributed by atoms with Crippen LogP contribution in [0.2, 0.25) is 0 Å². The molecule has 0 fully saturated rings. The van der Waals surface area contributed by atoms with Gasteiger partial charge < -0.3 is 9.05 Å². The monoisotopic (exact) mass is 290 g/mol. The van der Waals surface area contributed by atoms with Crippen molar-refractivity contribution in [3.63, 3.8) is 0 Å². The van der Waals surface area contributed by atoms with E-state index >= 15 is 0 Å². The lowest BCUT2D eigenvalue weighted by Gasteiger charge is -2.12. The Morgan fingerprint density at radius 1 is 0.800 bits per heavy atom. The van der Waals surface area contributed by atoms with Gasteiger partial charge in [-0.3, -0.25) is 0 Å². The van der Waals surface area contributed by atoms with Gasteiger partial charge in [-0.2, -0.15) is 0 Å². The second kappa shape index (κ2) is 7.16. The third-order valence-electron chi connectivity index (χ3n) is 3.09. The minimum atomic E-state index is -2.61. The Labute approximate surface area is 120 Å². The first-order valence-electron chi connectivity index (χ1n) is 6.80. The van der Waals surface area contributed by atoms with Crippen LogP contribution in [0, 0.1) is 0 Å². The third kappa shape index (κ3) is 3.64. The molecule has 0 amide bonds. The molecule has 0 saturated heterocycles. The molecule has 20 heavy (non-hydrogen) atoms. The first kappa shape index (κ1) is 14.7. The normalized spacial score (nSPS) is 10.6. The molecule has 0 aliphatic rings. The maximum atomic E-state index is 12.1. The van der Waals surface area contributed by atoms with Crippen molar-refractivity contribution in [2.75, 3.05) is 0 Å². The molecule has 0 aliphatic heterocycles. The summed E-state index contributed by atoms with van der Waals surface area (Å²) >= 11 is 0. The lowest BCUT2D eigenvalue weighted by Crippen LogP contribution is -1.94. The second-order valence-corrected chi connectivity index (χ2v) is 5.28. The average molecular weight is 290 g/mol. The van der Waals surface area contributed by atoms with E-state index in [0.717, 1.165) is 24.0 Å². The molecule has 106 valence electrons. The molecule has 4 heteroatoms. The summed E-state index contributed by atoms with van der Waals surface area (Å²) in [5.74, 6) is 1.26. The molecular weight excluding hydrogens is 271 g/mol. The smallest absolute Gasteiger partial charge is 0.418 e. The largest absolute Gasteiger partial charge is 0.418 e. The van der Waals surface area contributed by atoms with Gasteiger partial charge in [-0.15, -0.1) is 0 Å². The Morgan fingerprint density at radius 3 is 1.60 bits per heavy atom. The van der Waals surface area contributed by atoms with Crippen LogP contribution >= 0.6 is 8.25 Å². The van der Waals surface area contributed by atoms with Crippen molar-refractivity contribution < 1.29 is 13.6 Å². The first-order valence-corrected chi connectivity index (χ1v) is 8.02. The van der Waals surface area contributed by atoms with E-state index < -0.39 is 8.25 Å². The predicted octanol–water partition coefficient (Wildman–Crippen LogP) is 4.66. The zero-order valence-corrected chi connectivity index (χ0v) is 12.8. The standard InChI is InChI=1S/C16H19O3P/c1-3-13-9-5-7-11-15(13)18-20(17)19-16-12-8-6-10-14(16)4-2/h5-12,20H,3-4H2,1-2H3. The van der Waals surface area contributed by atoms with Gasteiger partial charge in [-0.05, 0) is 36.1 Å². The molecule has 0 spiro atoms. The van der Waals surface area contributed by atoms with Crippen LogP contribution in [0.5, 0.6) is 11.5 Å². The summed E-state index contributed by atoms with van der Waals surface area (Å²) in [5, 5.41) is 0. The highest BCUT2D eigenvalue weighted by Gasteiger charge is 2.09. The highest BCUT2D eigenvalue weighted by atomic mass is 31.1. The number of hydrogen-bond donors (Lipinski definition) is 0. The Balaban J connectivity index is 2.09. The highest BCUT2D eigenvalue weighted by molar-refractivity contribution is 7.34. The molecule has 0 bridgehead atoms. The number of aryl methyl sites for hydroxylation is 2. The zero-order valence-electron chi connectivity index (χ0n) is 11.8. The van der Waals surface area contributed by atoms with Crippen LogP contribution in [0.3, 0.4) is 0 Å². The molecule has 0 saturated carbocycles. The third-order valence-corrected chi connectivity index (χ3v) is 3.87. The average Bonchev–Trinajstić information content (AvgIpc) is 2.48. The summed E-state index contributed by atoms with van der Waals surface area (Å²) in [6.07, 6.45) is 1.66. The number of rotatable bonds is 6. The Kier molecular flexibility index (Phi) is 5.25. The van der Waals surface area contributed by atoms with Crippen molar-refractivity contribution in [3.8, 4) is 11.5 Å². The van der Waals surface area contributed by atoms with E-state index in [1.54, 1.807) is 0 Å². The molecule has 0 unspecified atom stereocenters. The van der Waals surface area contributed by atoms with Crippen molar-refractivity contribution in [2.45, 2.75) is 26.7 Å². The van der Waals surface area contributed by atoms with Crippen molar-refractivity contribution in [1.29, 1.82) is 0 Å². The number of benzene rings is 2. The van der Waals surface area contributed by atoms with Crippen LogP contribution in [-0.4, -0.2) is 0 Å². The van der Waals surface area contributed by atoms with Crippen LogP contribution in [0.25, 0.3) is 0 Å². The minimum Gasteiger partial charge on any atom is -0.418 e. The molecule has 3 nitrogen and oxygen atoms in total. The summed E-state index contributed by atoms with van der Waals surface area (Å²) in [6.45, 7) is 4.07. The lowest BCUT2D eigenvalue weighted by molar-refractivity contribution is 0.412. The lowest BCUT2D eigenvalue weighted by atomic mass is 10.1. The zero-order chi connectivity index (χ0) is 14.4. The van der Waals surface area contributed by atoms with E-state index in [4.69, 9.17) is 9.05 Å². The van der Waals surface area contributed by atoms with Gasteiger partial charge in [0.2, 0.25) is 0 Å². The maximum absolute atomic E-state index is 12.1. The van der Waals surface area contributed by atoms with Gasteiger partial charge in [0.05, 0.1) is 0 Å². The van der Waals surface area contributed by atoms with Gasteiger partial charge in [-0.25, -0.2) is 4.57 Å². The summed E-state index contributed by atoms with van der Waals surface area (Å²) < 4.78 is 23.0. The number of hydrogen-bond acceptors (Lipinski definition) is 3. The van der Waals surface area contributed by atoms with Gasteiger partial charge >= 0.3 is 8.25 Å². The molecule has 0 aromatic heterocycles. The van der Waals surface area contributed by atoms with Crippen LogP contribution < -0.4 is 9.05 Å². The SMILES string of the molecule is CCc1ccccc1O[PH](=O)Oc1ccccc1CC. The second-order valence-electron chi connectivity index (χ2n) is 4.38. The number of para-hydroxylation sites is 2. The van der Waals surface area contributed by atoms with Gasteiger partial charge in [0, 0.05) is 0 Å². The van der Waals surface area contributed by atoms with Crippen molar-refractivity contribution >= 4 is 8.25 Å². The Hall–Kier alpha value is -1.73. The van der Waals surface area contributed by atoms with Crippen molar-refractivity contribution in [2.24, 2.45) is 0 Å². The van der Waals surface area contributed by atoms with Crippen LogP contribution in [-0.2, 0) is 17.4 Å². The summed E-state index contributed by atoms with van der Waals surface area (Å²) in [6, 6.07) is 15.2. The van der Waals surface area contributed by atoms with E-state index in [1.165, 1.54) is 0 Å². The summed E-state index contributed by atoms with van der Waals surface area (Å²) in [4.78, 5) is 0. The van der Waals surface area contributed by atoms with Gasteiger partial charge in [0.25, 0.3) is 0 Å². The molecule has 0 radical (unpaired) electrons. The molecule has 2 aromatic rings. The molecule has 0 atom stereocenters. The maximum Gasteiger partial charge on any atom is 0.418 e. The highest BCUT2D eigenvalue weighted by Crippen LogP contribution is 2.34. The molecule has 0 heterocycles. The Bertz CT molecular complexity index is 544. The quantitative estimate of drug-likeness (QED) is 0.726. The molecular formula is C16H19O3P. The summed E-state index contributed by atoms with van der Waals surface area (Å²) in [5.41, 5.74) is 2.05. The predicted molar refractivity (Wildman–Crippen MR) is 81.9 cm³/mol. The van der Waals surface area contributed by atoms with E-state index in [1.807, 2.05) is 62.4 Å². The molecule has 0 aliphatic carbocycles. The van der Waals surface area contributed by atoms with E-state index in [9.17, 15) is 4.57 Å². The van der Waals surface area contributed by atoms with Gasteiger partial charge in [0.15, 0.2) is 0 Å².